The molecule has 1 aromatic heterocycles. The highest BCUT2D eigenvalue weighted by atomic mass is 35.5. The van der Waals surface area contributed by atoms with Gasteiger partial charge in [0, 0.05) is 18.1 Å². The fraction of sp³-hybridized carbons (Fsp3) is 0.409. The molecule has 7 nitrogen and oxygen atoms in total. The summed E-state index contributed by atoms with van der Waals surface area (Å²) >= 11 is 6.13. The number of pyridine rings is 1. The Morgan fingerprint density at radius 1 is 1.17 bits per heavy atom. The quantitative estimate of drug-likeness (QED) is 0.475. The van der Waals surface area contributed by atoms with Gasteiger partial charge >= 0.3 is 5.97 Å². The molecule has 0 aliphatic carbocycles. The molecule has 8 heteroatoms. The minimum atomic E-state index is -1.09. The number of anilines is 1. The number of carboxylic acid groups (broad SMARTS) is 1. The number of nitrogens with zero attached hydrogens (tertiary/aromatic N) is 1. The van der Waals surface area contributed by atoms with Crippen molar-refractivity contribution in [3.8, 4) is 11.8 Å². The van der Waals surface area contributed by atoms with Gasteiger partial charge < -0.3 is 19.9 Å². The van der Waals surface area contributed by atoms with Crippen LogP contribution >= 0.6 is 11.6 Å². The highest BCUT2D eigenvalue weighted by Crippen LogP contribution is 2.34. The molecule has 1 unspecified atom stereocenters. The summed E-state index contributed by atoms with van der Waals surface area (Å²) in [5.41, 5.74) is 1.15. The van der Waals surface area contributed by atoms with E-state index in [-0.39, 0.29) is 34.5 Å². The first-order chi connectivity index (χ1) is 14.4. The van der Waals surface area contributed by atoms with Crippen molar-refractivity contribution in [1.29, 1.82) is 0 Å². The Bertz CT molecular complexity index is 888. The van der Waals surface area contributed by atoms with Crippen molar-refractivity contribution >= 4 is 29.2 Å². The number of carbonyl (C=O) groups is 2. The average molecular weight is 435 g/mol. The molecule has 2 N–H and O–H groups in total. The predicted octanol–water partition coefficient (Wildman–Crippen LogP) is 5.14. The molecule has 0 aliphatic heterocycles. The smallest absolute Gasteiger partial charge is 0.335 e. The molecule has 1 amide bonds. The summed E-state index contributed by atoms with van der Waals surface area (Å²) < 4.78 is 10.6. The summed E-state index contributed by atoms with van der Waals surface area (Å²) in [6.45, 7) is 2.12. The summed E-state index contributed by atoms with van der Waals surface area (Å²) in [7, 11) is 3.06. The van der Waals surface area contributed by atoms with E-state index in [0.717, 1.165) is 31.2 Å². The number of aromatic carboxylic acids is 1. The van der Waals surface area contributed by atoms with Crippen LogP contribution in [0.4, 0.5) is 5.69 Å². The number of ether oxygens (including phenoxy) is 2. The van der Waals surface area contributed by atoms with Gasteiger partial charge in [0.2, 0.25) is 17.7 Å². The molecule has 30 heavy (non-hydrogen) atoms. The van der Waals surface area contributed by atoms with E-state index in [4.69, 9.17) is 26.2 Å². The zero-order valence-electron chi connectivity index (χ0n) is 17.4. The van der Waals surface area contributed by atoms with Crippen LogP contribution in [0.1, 0.15) is 60.9 Å². The molecule has 2 aromatic rings. The first-order valence-corrected chi connectivity index (χ1v) is 10.2. The largest absolute Gasteiger partial charge is 0.481 e. The van der Waals surface area contributed by atoms with Gasteiger partial charge in [-0.05, 0) is 36.6 Å². The van der Waals surface area contributed by atoms with Crippen molar-refractivity contribution in [3.63, 3.8) is 0 Å². The summed E-state index contributed by atoms with van der Waals surface area (Å²) in [5, 5.41) is 12.2. The Hall–Kier alpha value is -2.80. The van der Waals surface area contributed by atoms with Gasteiger partial charge in [-0.25, -0.2) is 4.79 Å². The van der Waals surface area contributed by atoms with E-state index in [1.165, 1.54) is 32.4 Å². The van der Waals surface area contributed by atoms with Crippen LogP contribution in [-0.4, -0.2) is 36.2 Å². The van der Waals surface area contributed by atoms with Crippen LogP contribution in [0.15, 0.2) is 30.3 Å². The number of aromatic nitrogens is 1. The third-order valence-electron chi connectivity index (χ3n) is 4.78. The number of carboxylic acids is 1. The zero-order chi connectivity index (χ0) is 22.1. The van der Waals surface area contributed by atoms with Gasteiger partial charge in [0.1, 0.15) is 0 Å². The highest BCUT2D eigenvalue weighted by Gasteiger charge is 2.22. The van der Waals surface area contributed by atoms with Crippen LogP contribution < -0.4 is 14.8 Å². The molecule has 0 spiro atoms. The summed E-state index contributed by atoms with van der Waals surface area (Å²) in [5.74, 6) is -0.613. The molecule has 1 heterocycles. The lowest BCUT2D eigenvalue weighted by Gasteiger charge is -2.20. The zero-order valence-corrected chi connectivity index (χ0v) is 18.2. The van der Waals surface area contributed by atoms with Crippen LogP contribution in [-0.2, 0) is 4.79 Å². The van der Waals surface area contributed by atoms with Gasteiger partial charge in [0.15, 0.2) is 0 Å². The molecule has 0 saturated carbocycles. The Morgan fingerprint density at radius 2 is 1.93 bits per heavy atom. The van der Waals surface area contributed by atoms with E-state index in [0.29, 0.717) is 11.8 Å². The second-order valence-electron chi connectivity index (χ2n) is 6.90. The van der Waals surface area contributed by atoms with Crippen molar-refractivity contribution in [1.82, 2.24) is 4.98 Å². The maximum absolute atomic E-state index is 12.8. The number of rotatable bonds is 11. The topological polar surface area (TPSA) is 97.8 Å². The SMILES string of the molecule is CCCCCC(CC(=O)Nc1cc(C(=O)O)ccc1Cl)c1ccc(OC)nc1OC. The monoisotopic (exact) mass is 434 g/mol. The fourth-order valence-electron chi connectivity index (χ4n) is 3.21. The Morgan fingerprint density at radius 3 is 2.57 bits per heavy atom. The lowest BCUT2D eigenvalue weighted by Crippen LogP contribution is -2.17. The summed E-state index contributed by atoms with van der Waals surface area (Å²) in [4.78, 5) is 28.3. The number of amides is 1. The van der Waals surface area contributed by atoms with E-state index in [1.807, 2.05) is 6.07 Å². The van der Waals surface area contributed by atoms with E-state index in [2.05, 4.69) is 17.2 Å². The van der Waals surface area contributed by atoms with Crippen LogP contribution in [0, 0.1) is 0 Å². The maximum Gasteiger partial charge on any atom is 0.335 e. The molecule has 0 radical (unpaired) electrons. The molecule has 0 aliphatic rings. The number of hydrogen-bond donors (Lipinski definition) is 2. The maximum atomic E-state index is 12.8. The number of hydrogen-bond acceptors (Lipinski definition) is 5. The van der Waals surface area contributed by atoms with Gasteiger partial charge in [0.25, 0.3) is 0 Å². The van der Waals surface area contributed by atoms with Gasteiger partial charge in [-0.2, -0.15) is 4.98 Å². The third kappa shape index (κ3) is 6.35. The second-order valence-corrected chi connectivity index (χ2v) is 7.30. The van der Waals surface area contributed by atoms with E-state index < -0.39 is 5.97 Å². The van der Waals surface area contributed by atoms with Crippen LogP contribution in [0.25, 0.3) is 0 Å². The van der Waals surface area contributed by atoms with Gasteiger partial charge in [-0.15, -0.1) is 0 Å². The molecule has 162 valence electrons. The number of methoxy groups -OCH3 is 2. The van der Waals surface area contributed by atoms with Crippen molar-refractivity contribution in [2.75, 3.05) is 19.5 Å². The molecule has 2 rings (SSSR count). The third-order valence-corrected chi connectivity index (χ3v) is 5.11. The van der Waals surface area contributed by atoms with Crippen molar-refractivity contribution in [2.24, 2.45) is 0 Å². The van der Waals surface area contributed by atoms with Crippen molar-refractivity contribution in [2.45, 2.75) is 44.9 Å². The van der Waals surface area contributed by atoms with Crippen LogP contribution in [0.3, 0.4) is 0 Å². The lowest BCUT2D eigenvalue weighted by atomic mass is 9.90. The molecule has 0 fully saturated rings. The van der Waals surface area contributed by atoms with Gasteiger partial charge in [-0.3, -0.25) is 4.79 Å². The van der Waals surface area contributed by atoms with Crippen LogP contribution in [0.5, 0.6) is 11.8 Å². The van der Waals surface area contributed by atoms with E-state index in [1.54, 1.807) is 6.07 Å². The number of nitrogens with one attached hydrogen (secondary N) is 1. The molecular formula is C22H27ClN2O5. The fourth-order valence-corrected chi connectivity index (χ4v) is 3.37. The highest BCUT2D eigenvalue weighted by molar-refractivity contribution is 6.33. The van der Waals surface area contributed by atoms with Gasteiger partial charge in [-0.1, -0.05) is 37.8 Å². The second kappa shape index (κ2) is 11.4. The normalized spacial score (nSPS) is 11.6. The first-order valence-electron chi connectivity index (χ1n) is 9.81. The molecule has 0 saturated heterocycles. The summed E-state index contributed by atoms with van der Waals surface area (Å²) in [6, 6.07) is 7.81. The van der Waals surface area contributed by atoms with E-state index >= 15 is 0 Å². The molecule has 0 bridgehead atoms. The number of carbonyl (C=O) groups excluding carboxylic acids is 1. The predicted molar refractivity (Wildman–Crippen MR) is 116 cm³/mol. The first kappa shape index (κ1) is 23.5. The number of benzene rings is 1. The minimum Gasteiger partial charge on any atom is -0.481 e. The van der Waals surface area contributed by atoms with Crippen LogP contribution in [0.2, 0.25) is 5.02 Å². The Balaban J connectivity index is 2.23. The lowest BCUT2D eigenvalue weighted by molar-refractivity contribution is -0.116. The average Bonchev–Trinajstić information content (AvgIpc) is 2.74. The molecular weight excluding hydrogens is 408 g/mol. The number of unbranched alkanes of at least 4 members (excludes halogenated alkanes) is 2. The Labute approximate surface area is 181 Å². The Kier molecular flexibility index (Phi) is 8.92. The standard InChI is InChI=1S/C22H27ClN2O5/c1-4-5-6-7-14(16-9-11-20(29-2)25-21(16)30-3)13-19(26)24-18-12-15(22(27)28)8-10-17(18)23/h8-12,14H,4-7,13H2,1-3H3,(H,24,26)(H,27,28). The van der Waals surface area contributed by atoms with Gasteiger partial charge in [0.05, 0.1) is 30.5 Å². The minimum absolute atomic E-state index is 0.0511. The molecule has 1 atom stereocenters. The molecule has 1 aromatic carbocycles. The van der Waals surface area contributed by atoms with E-state index in [9.17, 15) is 9.59 Å². The summed E-state index contributed by atoms with van der Waals surface area (Å²) in [6.07, 6.45) is 4.04. The van der Waals surface area contributed by atoms with Crippen molar-refractivity contribution in [3.05, 3.63) is 46.5 Å². The van der Waals surface area contributed by atoms with Crippen molar-refractivity contribution < 1.29 is 24.2 Å². The number of halogens is 1.